The normalized spacial score (nSPS) is 12.2. The van der Waals surface area contributed by atoms with Crippen molar-refractivity contribution in [3.05, 3.63) is 70.8 Å². The second kappa shape index (κ2) is 6.59. The maximum atomic E-state index is 13.7. The highest BCUT2D eigenvalue weighted by molar-refractivity contribution is 5.96. The third-order valence-electron chi connectivity index (χ3n) is 3.49. The zero-order chi connectivity index (χ0) is 15.4. The number of hydrogen-bond acceptors (Lipinski definition) is 2. The monoisotopic (exact) mass is 289 g/mol. The molecule has 0 bridgehead atoms. The van der Waals surface area contributed by atoms with E-state index in [1.807, 2.05) is 30.3 Å². The minimum Gasteiger partial charge on any atom is -0.324 e. The molecule has 2 aromatic rings. The highest BCUT2D eigenvalue weighted by Gasteiger charge is 2.18. The number of rotatable bonds is 5. The fourth-order valence-corrected chi connectivity index (χ4v) is 2.15. The van der Waals surface area contributed by atoms with Crippen LogP contribution >= 0.6 is 0 Å². The molecule has 0 radical (unpaired) electrons. The smallest absolute Gasteiger partial charge is 0.169 e. The molecule has 1 atom stereocenters. The summed E-state index contributed by atoms with van der Waals surface area (Å²) in [5.41, 5.74) is 6.89. The molecule has 1 unspecified atom stereocenters. The lowest BCUT2D eigenvalue weighted by Crippen LogP contribution is -2.13. The van der Waals surface area contributed by atoms with Crippen LogP contribution in [0, 0.1) is 18.6 Å². The zero-order valence-electron chi connectivity index (χ0n) is 11.8. The molecule has 0 fully saturated rings. The molecule has 2 aromatic carbocycles. The molecular weight excluding hydrogens is 272 g/mol. The molecule has 0 spiro atoms. The molecular formula is C17H17F2NO. The van der Waals surface area contributed by atoms with Crippen LogP contribution in [0.4, 0.5) is 8.78 Å². The Morgan fingerprint density at radius 2 is 1.76 bits per heavy atom. The summed E-state index contributed by atoms with van der Waals surface area (Å²) in [6, 6.07) is 11.8. The predicted molar refractivity (Wildman–Crippen MR) is 78.0 cm³/mol. The molecule has 4 heteroatoms. The van der Waals surface area contributed by atoms with Crippen molar-refractivity contribution in [2.75, 3.05) is 0 Å². The lowest BCUT2D eigenvalue weighted by atomic mass is 9.98. The van der Waals surface area contributed by atoms with E-state index in [9.17, 15) is 13.6 Å². The number of nitrogens with two attached hydrogens (primary N) is 1. The number of carbonyl (C=O) groups is 1. The number of Topliss-reactive ketones (excluding diaryl/α,β-unsaturated/α-hetero) is 1. The van der Waals surface area contributed by atoms with E-state index in [2.05, 4.69) is 0 Å². The van der Waals surface area contributed by atoms with Crippen LogP contribution in [0.1, 0.15) is 40.4 Å². The van der Waals surface area contributed by atoms with E-state index in [1.165, 1.54) is 19.1 Å². The standard InChI is InChI=1S/C17H17F2NO/c1-11-7-8-13(17(19)16(11)18)15(21)10-9-14(20)12-5-3-2-4-6-12/h2-8,14H,9-10,20H2,1H3. The van der Waals surface area contributed by atoms with Crippen molar-refractivity contribution in [2.45, 2.75) is 25.8 Å². The zero-order valence-corrected chi connectivity index (χ0v) is 11.8. The average molecular weight is 289 g/mol. The van der Waals surface area contributed by atoms with Gasteiger partial charge in [-0.1, -0.05) is 36.4 Å². The second-order valence-electron chi connectivity index (χ2n) is 5.04. The molecule has 2 N–H and O–H groups in total. The van der Waals surface area contributed by atoms with Crippen LogP contribution in [-0.2, 0) is 0 Å². The van der Waals surface area contributed by atoms with E-state index < -0.39 is 17.4 Å². The number of benzene rings is 2. The summed E-state index contributed by atoms with van der Waals surface area (Å²) in [5, 5.41) is 0. The van der Waals surface area contributed by atoms with Crippen molar-refractivity contribution in [1.82, 2.24) is 0 Å². The molecule has 0 saturated carbocycles. The molecule has 0 aliphatic heterocycles. The van der Waals surface area contributed by atoms with E-state index in [0.717, 1.165) is 5.56 Å². The van der Waals surface area contributed by atoms with Crippen LogP contribution in [0.3, 0.4) is 0 Å². The Labute approximate surface area is 122 Å². The molecule has 0 heterocycles. The lowest BCUT2D eigenvalue weighted by Gasteiger charge is -2.11. The molecule has 0 aliphatic carbocycles. The van der Waals surface area contributed by atoms with Crippen LogP contribution in [0.25, 0.3) is 0 Å². The van der Waals surface area contributed by atoms with Crippen molar-refractivity contribution in [3.8, 4) is 0 Å². The van der Waals surface area contributed by atoms with Gasteiger partial charge in [0, 0.05) is 12.5 Å². The molecule has 0 saturated heterocycles. The van der Waals surface area contributed by atoms with E-state index in [-0.39, 0.29) is 23.6 Å². The summed E-state index contributed by atoms with van der Waals surface area (Å²) in [5.74, 6) is -2.47. The van der Waals surface area contributed by atoms with Gasteiger partial charge in [0.25, 0.3) is 0 Å². The van der Waals surface area contributed by atoms with Crippen molar-refractivity contribution >= 4 is 5.78 Å². The average Bonchev–Trinajstić information content (AvgIpc) is 2.51. The molecule has 2 nitrogen and oxygen atoms in total. The Balaban J connectivity index is 2.04. The summed E-state index contributed by atoms with van der Waals surface area (Å²) in [6.45, 7) is 1.46. The third-order valence-corrected chi connectivity index (χ3v) is 3.49. The lowest BCUT2D eigenvalue weighted by molar-refractivity contribution is 0.0972. The fraction of sp³-hybridized carbons (Fsp3) is 0.235. The van der Waals surface area contributed by atoms with Gasteiger partial charge in [0.1, 0.15) is 0 Å². The number of hydrogen-bond donors (Lipinski definition) is 1. The van der Waals surface area contributed by atoms with Gasteiger partial charge in [-0.15, -0.1) is 0 Å². The topological polar surface area (TPSA) is 43.1 Å². The first-order chi connectivity index (χ1) is 10.0. The summed E-state index contributed by atoms with van der Waals surface area (Å²) < 4.78 is 27.2. The number of carbonyl (C=O) groups excluding carboxylic acids is 1. The van der Waals surface area contributed by atoms with Gasteiger partial charge in [-0.05, 0) is 30.5 Å². The third kappa shape index (κ3) is 3.52. The van der Waals surface area contributed by atoms with Crippen molar-refractivity contribution in [3.63, 3.8) is 0 Å². The first kappa shape index (κ1) is 15.3. The van der Waals surface area contributed by atoms with Crippen LogP contribution < -0.4 is 5.73 Å². The van der Waals surface area contributed by atoms with Gasteiger partial charge in [-0.2, -0.15) is 0 Å². The summed E-state index contributed by atoms with van der Waals surface area (Å²) >= 11 is 0. The second-order valence-corrected chi connectivity index (χ2v) is 5.04. The van der Waals surface area contributed by atoms with Crippen molar-refractivity contribution < 1.29 is 13.6 Å². The van der Waals surface area contributed by atoms with Crippen molar-refractivity contribution in [1.29, 1.82) is 0 Å². The van der Waals surface area contributed by atoms with Crippen molar-refractivity contribution in [2.24, 2.45) is 5.73 Å². The Morgan fingerprint density at radius 3 is 2.43 bits per heavy atom. The van der Waals surface area contributed by atoms with Gasteiger partial charge in [0.2, 0.25) is 0 Å². The Hall–Kier alpha value is -2.07. The van der Waals surface area contributed by atoms with E-state index in [1.54, 1.807) is 0 Å². The minimum atomic E-state index is -1.08. The highest BCUT2D eigenvalue weighted by atomic mass is 19.2. The summed E-state index contributed by atoms with van der Waals surface area (Å²) in [4.78, 5) is 12.0. The van der Waals surface area contributed by atoms with Gasteiger partial charge in [0.05, 0.1) is 5.56 Å². The van der Waals surface area contributed by atoms with E-state index in [4.69, 9.17) is 5.73 Å². The molecule has 0 aliphatic rings. The molecule has 0 aromatic heterocycles. The number of ketones is 1. The van der Waals surface area contributed by atoms with Gasteiger partial charge in [-0.3, -0.25) is 4.79 Å². The summed E-state index contributed by atoms with van der Waals surface area (Å²) in [7, 11) is 0. The minimum absolute atomic E-state index is 0.0789. The fourth-order valence-electron chi connectivity index (χ4n) is 2.15. The maximum absolute atomic E-state index is 13.7. The predicted octanol–water partition coefficient (Wildman–Crippen LogP) is 3.94. The molecule has 110 valence electrons. The van der Waals surface area contributed by atoms with Crippen LogP contribution in [0.2, 0.25) is 0 Å². The highest BCUT2D eigenvalue weighted by Crippen LogP contribution is 2.20. The largest absolute Gasteiger partial charge is 0.324 e. The number of halogens is 2. The van der Waals surface area contributed by atoms with Gasteiger partial charge < -0.3 is 5.73 Å². The van der Waals surface area contributed by atoms with Gasteiger partial charge in [-0.25, -0.2) is 8.78 Å². The maximum Gasteiger partial charge on any atom is 0.169 e. The Morgan fingerprint density at radius 1 is 1.10 bits per heavy atom. The molecule has 0 amide bonds. The SMILES string of the molecule is Cc1ccc(C(=O)CCC(N)c2ccccc2)c(F)c1F. The van der Waals surface area contributed by atoms with E-state index >= 15 is 0 Å². The Kier molecular flexibility index (Phi) is 4.81. The molecule has 2 rings (SSSR count). The van der Waals surface area contributed by atoms with Crippen LogP contribution in [0.5, 0.6) is 0 Å². The first-order valence-corrected chi connectivity index (χ1v) is 6.79. The Bertz CT molecular complexity index is 641. The van der Waals surface area contributed by atoms with E-state index in [0.29, 0.717) is 6.42 Å². The first-order valence-electron chi connectivity index (χ1n) is 6.79. The van der Waals surface area contributed by atoms with Crippen LogP contribution in [-0.4, -0.2) is 5.78 Å². The van der Waals surface area contributed by atoms with Crippen LogP contribution in [0.15, 0.2) is 42.5 Å². The quantitative estimate of drug-likeness (QED) is 0.847. The van der Waals surface area contributed by atoms with Gasteiger partial charge >= 0.3 is 0 Å². The molecule has 21 heavy (non-hydrogen) atoms. The number of aryl methyl sites for hydroxylation is 1. The summed E-state index contributed by atoms with van der Waals surface area (Å²) in [6.07, 6.45) is 0.466. The van der Waals surface area contributed by atoms with Gasteiger partial charge in [0.15, 0.2) is 17.4 Å².